The molecular weight excluding hydrogens is 420 g/mol. The van der Waals surface area contributed by atoms with Gasteiger partial charge in [0.1, 0.15) is 10.4 Å². The Bertz CT molecular complexity index is 1260. The third-order valence-electron chi connectivity index (χ3n) is 4.68. The van der Waals surface area contributed by atoms with Crippen LogP contribution >= 0.6 is 22.7 Å². The summed E-state index contributed by atoms with van der Waals surface area (Å²) in [5.41, 5.74) is 2.32. The summed E-state index contributed by atoms with van der Waals surface area (Å²) >= 11 is 2.82. The second kappa shape index (κ2) is 8.37. The van der Waals surface area contributed by atoms with E-state index in [4.69, 9.17) is 4.74 Å². The molecule has 0 aliphatic heterocycles. The maximum Gasteiger partial charge on any atom is 0.271 e. The summed E-state index contributed by atoms with van der Waals surface area (Å²) in [4.78, 5) is 36.3. The standard InChI is InChI=1S/C21H20N4O3S2/c1-4-25(13(2)26)21-23-15(11-29-21)10-24-12-22-17-9-18(30-19(17)20(24)27)14-5-7-16(28-3)8-6-14/h5-9,11-12H,4,10H2,1-3H3. The largest absolute Gasteiger partial charge is 0.497 e. The molecule has 0 spiro atoms. The third-order valence-corrected chi connectivity index (χ3v) is 6.75. The number of carbonyl (C=O) groups excluding carboxylic acids is 1. The van der Waals surface area contributed by atoms with E-state index in [-0.39, 0.29) is 11.5 Å². The number of carbonyl (C=O) groups is 1. The van der Waals surface area contributed by atoms with Crippen LogP contribution in [0.5, 0.6) is 5.75 Å². The van der Waals surface area contributed by atoms with Crippen molar-refractivity contribution in [3.05, 3.63) is 58.1 Å². The maximum atomic E-state index is 13.0. The molecule has 0 fully saturated rings. The molecule has 1 aromatic carbocycles. The lowest BCUT2D eigenvalue weighted by atomic mass is 10.2. The van der Waals surface area contributed by atoms with Crippen molar-refractivity contribution in [1.82, 2.24) is 14.5 Å². The Morgan fingerprint density at radius 2 is 2.03 bits per heavy atom. The summed E-state index contributed by atoms with van der Waals surface area (Å²) in [6.45, 7) is 4.29. The average Bonchev–Trinajstić information content (AvgIpc) is 3.38. The summed E-state index contributed by atoms with van der Waals surface area (Å²) in [6.07, 6.45) is 1.55. The summed E-state index contributed by atoms with van der Waals surface area (Å²) < 4.78 is 7.37. The fourth-order valence-electron chi connectivity index (χ4n) is 3.12. The van der Waals surface area contributed by atoms with Crippen molar-refractivity contribution in [2.24, 2.45) is 0 Å². The van der Waals surface area contributed by atoms with Crippen LogP contribution in [0.15, 0.2) is 46.8 Å². The van der Waals surface area contributed by atoms with Gasteiger partial charge in [-0.15, -0.1) is 22.7 Å². The fourth-order valence-corrected chi connectivity index (χ4v) is 5.10. The normalized spacial score (nSPS) is 11.0. The van der Waals surface area contributed by atoms with E-state index >= 15 is 0 Å². The SMILES string of the molecule is CCN(C(C)=O)c1nc(Cn2cnc3cc(-c4ccc(OC)cc4)sc3c2=O)cs1. The van der Waals surface area contributed by atoms with Crippen LogP contribution in [-0.2, 0) is 11.3 Å². The van der Waals surface area contributed by atoms with Gasteiger partial charge in [-0.2, -0.15) is 0 Å². The fraction of sp³-hybridized carbons (Fsp3) is 0.238. The van der Waals surface area contributed by atoms with Gasteiger partial charge < -0.3 is 4.74 Å². The van der Waals surface area contributed by atoms with E-state index in [9.17, 15) is 9.59 Å². The molecule has 1 amide bonds. The van der Waals surface area contributed by atoms with Crippen LogP contribution in [0.1, 0.15) is 19.5 Å². The van der Waals surface area contributed by atoms with E-state index in [1.54, 1.807) is 22.9 Å². The number of ether oxygens (including phenoxy) is 1. The zero-order valence-electron chi connectivity index (χ0n) is 16.8. The predicted octanol–water partition coefficient (Wildman–Crippen LogP) is 4.01. The number of hydrogen-bond acceptors (Lipinski definition) is 7. The second-order valence-corrected chi connectivity index (χ2v) is 8.50. The van der Waals surface area contributed by atoms with Crippen LogP contribution in [0, 0.1) is 0 Å². The zero-order valence-corrected chi connectivity index (χ0v) is 18.4. The van der Waals surface area contributed by atoms with Crippen molar-refractivity contribution in [3.8, 4) is 16.2 Å². The molecule has 0 atom stereocenters. The average molecular weight is 441 g/mol. The highest BCUT2D eigenvalue weighted by Gasteiger charge is 2.15. The van der Waals surface area contributed by atoms with Gasteiger partial charge in [-0.3, -0.25) is 19.1 Å². The van der Waals surface area contributed by atoms with E-state index in [0.717, 1.165) is 21.9 Å². The number of methoxy groups -OCH3 is 1. The molecule has 0 N–H and O–H groups in total. The van der Waals surface area contributed by atoms with Crippen molar-refractivity contribution in [2.45, 2.75) is 20.4 Å². The van der Waals surface area contributed by atoms with E-state index in [0.29, 0.717) is 28.4 Å². The number of aromatic nitrogens is 3. The molecule has 0 radical (unpaired) electrons. The molecule has 0 aliphatic rings. The van der Waals surface area contributed by atoms with Crippen LogP contribution in [-0.4, -0.2) is 34.1 Å². The van der Waals surface area contributed by atoms with Crippen LogP contribution in [0.25, 0.3) is 20.7 Å². The molecule has 0 saturated carbocycles. The van der Waals surface area contributed by atoms with Crippen molar-refractivity contribution in [1.29, 1.82) is 0 Å². The number of benzene rings is 1. The van der Waals surface area contributed by atoms with Gasteiger partial charge in [0.15, 0.2) is 5.13 Å². The van der Waals surface area contributed by atoms with E-state index in [2.05, 4.69) is 9.97 Å². The molecule has 0 bridgehead atoms. The molecule has 4 aromatic rings. The Hall–Kier alpha value is -3.04. The van der Waals surface area contributed by atoms with Gasteiger partial charge in [-0.05, 0) is 42.8 Å². The Kier molecular flexibility index (Phi) is 5.65. The topological polar surface area (TPSA) is 77.3 Å². The van der Waals surface area contributed by atoms with E-state index < -0.39 is 0 Å². The van der Waals surface area contributed by atoms with Crippen molar-refractivity contribution < 1.29 is 9.53 Å². The minimum Gasteiger partial charge on any atom is -0.497 e. The molecule has 0 aliphatic carbocycles. The number of rotatable bonds is 6. The number of thiazole rings is 1. The number of fused-ring (bicyclic) bond motifs is 1. The number of hydrogen-bond donors (Lipinski definition) is 0. The minimum absolute atomic E-state index is 0.0525. The second-order valence-electron chi connectivity index (χ2n) is 6.62. The highest BCUT2D eigenvalue weighted by atomic mass is 32.1. The van der Waals surface area contributed by atoms with Crippen LogP contribution in [0.2, 0.25) is 0 Å². The number of amides is 1. The van der Waals surface area contributed by atoms with Crippen LogP contribution in [0.4, 0.5) is 5.13 Å². The van der Waals surface area contributed by atoms with Gasteiger partial charge in [0.05, 0.1) is 31.2 Å². The molecule has 0 saturated heterocycles. The summed E-state index contributed by atoms with van der Waals surface area (Å²) in [5.74, 6) is 0.734. The smallest absolute Gasteiger partial charge is 0.271 e. The van der Waals surface area contributed by atoms with Gasteiger partial charge in [0.2, 0.25) is 5.91 Å². The number of thiophene rings is 1. The van der Waals surface area contributed by atoms with Gasteiger partial charge in [-0.1, -0.05) is 0 Å². The maximum absolute atomic E-state index is 13.0. The predicted molar refractivity (Wildman–Crippen MR) is 121 cm³/mol. The lowest BCUT2D eigenvalue weighted by molar-refractivity contribution is -0.116. The molecule has 30 heavy (non-hydrogen) atoms. The monoisotopic (exact) mass is 440 g/mol. The number of anilines is 1. The molecule has 0 unspecified atom stereocenters. The van der Waals surface area contributed by atoms with Crippen molar-refractivity contribution >= 4 is 43.9 Å². The van der Waals surface area contributed by atoms with Gasteiger partial charge in [0, 0.05) is 23.7 Å². The Labute approximate surface area is 181 Å². The Morgan fingerprint density at radius 3 is 2.70 bits per heavy atom. The molecule has 9 heteroatoms. The van der Waals surface area contributed by atoms with Gasteiger partial charge >= 0.3 is 0 Å². The first-order chi connectivity index (χ1) is 14.5. The molecule has 3 heterocycles. The van der Waals surface area contributed by atoms with Crippen molar-refractivity contribution in [3.63, 3.8) is 0 Å². The first-order valence-corrected chi connectivity index (χ1v) is 11.1. The van der Waals surface area contributed by atoms with E-state index in [1.807, 2.05) is 42.6 Å². The highest BCUT2D eigenvalue weighted by molar-refractivity contribution is 7.22. The number of nitrogens with zero attached hydrogens (tertiary/aromatic N) is 4. The third kappa shape index (κ3) is 3.86. The molecule has 3 aromatic heterocycles. The van der Waals surface area contributed by atoms with Gasteiger partial charge in [0.25, 0.3) is 5.56 Å². The lowest BCUT2D eigenvalue weighted by Gasteiger charge is -2.14. The molecule has 7 nitrogen and oxygen atoms in total. The van der Waals surface area contributed by atoms with Crippen LogP contribution in [0.3, 0.4) is 0 Å². The van der Waals surface area contributed by atoms with Crippen molar-refractivity contribution in [2.75, 3.05) is 18.6 Å². The summed E-state index contributed by atoms with van der Waals surface area (Å²) in [6, 6.07) is 9.65. The zero-order chi connectivity index (χ0) is 21.3. The Balaban J connectivity index is 1.63. The molecule has 154 valence electrons. The lowest BCUT2D eigenvalue weighted by Crippen LogP contribution is -2.27. The van der Waals surface area contributed by atoms with Gasteiger partial charge in [-0.25, -0.2) is 9.97 Å². The minimum atomic E-state index is -0.0989. The summed E-state index contributed by atoms with van der Waals surface area (Å²) in [7, 11) is 1.63. The van der Waals surface area contributed by atoms with E-state index in [1.165, 1.54) is 29.6 Å². The van der Waals surface area contributed by atoms with Crippen LogP contribution < -0.4 is 15.2 Å². The first-order valence-electron chi connectivity index (χ1n) is 9.36. The highest BCUT2D eigenvalue weighted by Crippen LogP contribution is 2.31. The molecular formula is C21H20N4O3S2. The summed E-state index contributed by atoms with van der Waals surface area (Å²) in [5, 5.41) is 2.51. The quantitative estimate of drug-likeness (QED) is 0.453. The first kappa shape index (κ1) is 20.2. The molecule has 4 rings (SSSR count). The Morgan fingerprint density at radius 1 is 1.27 bits per heavy atom.